The number of hydrogen-bond acceptors (Lipinski definition) is 7. The lowest BCUT2D eigenvalue weighted by atomic mass is 10.1. The molecule has 2 aromatic heterocycles. The Hall–Kier alpha value is -3.46. The van der Waals surface area contributed by atoms with Crippen molar-refractivity contribution in [3.8, 4) is 0 Å². The average molecular weight is 489 g/mol. The first-order valence-corrected chi connectivity index (χ1v) is 13.1. The van der Waals surface area contributed by atoms with E-state index in [4.69, 9.17) is 0 Å². The van der Waals surface area contributed by atoms with E-state index < -0.39 is 0 Å². The topological polar surface area (TPSA) is 111 Å². The number of H-pyrrole nitrogens is 1. The Balaban J connectivity index is 1.07. The normalized spacial score (nSPS) is 15.7. The van der Waals surface area contributed by atoms with E-state index in [1.54, 1.807) is 0 Å². The fraction of sp³-hybridized carbons (Fsp3) is 0.481. The lowest BCUT2D eigenvalue weighted by Crippen LogP contribution is -2.28. The summed E-state index contributed by atoms with van der Waals surface area (Å²) in [4.78, 5) is 23.8. The summed E-state index contributed by atoms with van der Waals surface area (Å²) < 4.78 is 0. The van der Waals surface area contributed by atoms with Crippen molar-refractivity contribution in [2.75, 3.05) is 36.8 Å². The molecule has 1 saturated carbocycles. The van der Waals surface area contributed by atoms with Crippen LogP contribution in [0.3, 0.4) is 0 Å². The number of benzene rings is 1. The number of amides is 1. The number of anilines is 4. The predicted octanol–water partition coefficient (Wildman–Crippen LogP) is 4.41. The number of aromatic amines is 1. The summed E-state index contributed by atoms with van der Waals surface area (Å²) in [7, 11) is 0. The largest absolute Gasteiger partial charge is 0.356 e. The summed E-state index contributed by atoms with van der Waals surface area (Å²) in [6.07, 6.45) is 7.32. The Morgan fingerprint density at radius 2 is 1.86 bits per heavy atom. The van der Waals surface area contributed by atoms with E-state index in [9.17, 15) is 4.79 Å². The van der Waals surface area contributed by atoms with Crippen LogP contribution in [0.25, 0.3) is 0 Å². The summed E-state index contributed by atoms with van der Waals surface area (Å²) in [6.45, 7) is 6.20. The van der Waals surface area contributed by atoms with Crippen LogP contribution in [0.1, 0.15) is 61.4 Å². The van der Waals surface area contributed by atoms with Crippen LogP contribution in [-0.2, 0) is 11.2 Å². The van der Waals surface area contributed by atoms with E-state index >= 15 is 0 Å². The van der Waals surface area contributed by atoms with Crippen molar-refractivity contribution in [1.82, 2.24) is 30.4 Å². The summed E-state index contributed by atoms with van der Waals surface area (Å²) >= 11 is 0. The van der Waals surface area contributed by atoms with E-state index in [1.807, 2.05) is 37.3 Å². The van der Waals surface area contributed by atoms with Gasteiger partial charge in [0.15, 0.2) is 5.82 Å². The van der Waals surface area contributed by atoms with Gasteiger partial charge in [-0.3, -0.25) is 9.89 Å². The monoisotopic (exact) mass is 488 g/mol. The minimum atomic E-state index is 0.118. The Bertz CT molecular complexity index is 1150. The molecular formula is C27H36N8O. The van der Waals surface area contributed by atoms with E-state index in [0.717, 1.165) is 48.7 Å². The van der Waals surface area contributed by atoms with E-state index in [1.165, 1.54) is 44.5 Å². The molecule has 0 bridgehead atoms. The van der Waals surface area contributed by atoms with Crippen LogP contribution in [0, 0.1) is 6.92 Å². The molecule has 4 N–H and O–H groups in total. The van der Waals surface area contributed by atoms with Crippen LogP contribution in [0.2, 0.25) is 0 Å². The van der Waals surface area contributed by atoms with Crippen molar-refractivity contribution in [3.63, 3.8) is 0 Å². The van der Waals surface area contributed by atoms with Gasteiger partial charge < -0.3 is 20.9 Å². The zero-order valence-electron chi connectivity index (χ0n) is 21.0. The number of nitrogens with zero attached hydrogens (tertiary/aromatic N) is 4. The van der Waals surface area contributed by atoms with Crippen molar-refractivity contribution in [2.45, 2.75) is 57.8 Å². The standard InChI is InChI=1S/C27H36N8O/c1-19-17-24(31-25-18-23(33-34-25)21-8-9-21)32-27(29-19)30-22-10-5-20(6-11-22)7-12-26(36)28-13-4-16-35-14-2-3-15-35/h5-6,10-11,17-18,21H,2-4,7-9,12-16H2,1H3,(H,28,36)(H3,29,30,31,32,33,34). The molecular weight excluding hydrogens is 452 g/mol. The van der Waals surface area contributed by atoms with Gasteiger partial charge in [-0.05, 0) is 82.8 Å². The maximum atomic E-state index is 12.2. The Kier molecular flexibility index (Phi) is 7.76. The Labute approximate surface area is 212 Å². The fourth-order valence-electron chi connectivity index (χ4n) is 4.59. The highest BCUT2D eigenvalue weighted by Crippen LogP contribution is 2.39. The first-order valence-electron chi connectivity index (χ1n) is 13.1. The summed E-state index contributed by atoms with van der Waals surface area (Å²) in [5, 5.41) is 17.1. The molecule has 1 amide bonds. The van der Waals surface area contributed by atoms with Crippen LogP contribution in [0.4, 0.5) is 23.3 Å². The quantitative estimate of drug-likeness (QED) is 0.280. The number of aromatic nitrogens is 4. The minimum Gasteiger partial charge on any atom is -0.356 e. The molecule has 0 spiro atoms. The smallest absolute Gasteiger partial charge is 0.229 e. The van der Waals surface area contributed by atoms with Crippen molar-refractivity contribution < 1.29 is 4.79 Å². The van der Waals surface area contributed by atoms with Crippen molar-refractivity contribution >= 4 is 29.2 Å². The highest BCUT2D eigenvalue weighted by atomic mass is 16.1. The first-order chi connectivity index (χ1) is 17.6. The molecule has 2 fully saturated rings. The molecule has 3 aromatic rings. The lowest BCUT2D eigenvalue weighted by Gasteiger charge is -2.14. The number of rotatable bonds is 12. The second kappa shape index (κ2) is 11.5. The molecule has 1 aliphatic carbocycles. The van der Waals surface area contributed by atoms with Crippen LogP contribution < -0.4 is 16.0 Å². The van der Waals surface area contributed by atoms with Crippen molar-refractivity contribution in [2.24, 2.45) is 0 Å². The molecule has 0 unspecified atom stereocenters. The molecule has 0 atom stereocenters. The minimum absolute atomic E-state index is 0.118. The van der Waals surface area contributed by atoms with Crippen LogP contribution in [0.5, 0.6) is 0 Å². The second-order valence-electron chi connectivity index (χ2n) is 9.90. The van der Waals surface area contributed by atoms with Gasteiger partial charge in [-0.2, -0.15) is 10.1 Å². The SMILES string of the molecule is Cc1cc(Nc2cc(C3CC3)[nH]n2)nc(Nc2ccc(CCC(=O)NCCCN3CCCC3)cc2)n1. The molecule has 5 rings (SSSR count). The maximum Gasteiger partial charge on any atom is 0.229 e. The highest BCUT2D eigenvalue weighted by molar-refractivity contribution is 5.76. The second-order valence-corrected chi connectivity index (χ2v) is 9.90. The summed E-state index contributed by atoms with van der Waals surface area (Å²) in [5.41, 5.74) is 4.07. The number of nitrogens with one attached hydrogen (secondary N) is 4. The van der Waals surface area contributed by atoms with Gasteiger partial charge in [0.1, 0.15) is 5.82 Å². The van der Waals surface area contributed by atoms with Gasteiger partial charge in [-0.1, -0.05) is 12.1 Å². The summed E-state index contributed by atoms with van der Waals surface area (Å²) in [6, 6.07) is 12.0. The third-order valence-electron chi connectivity index (χ3n) is 6.75. The molecule has 3 heterocycles. The van der Waals surface area contributed by atoms with Crippen molar-refractivity contribution in [3.05, 3.63) is 53.3 Å². The summed E-state index contributed by atoms with van der Waals surface area (Å²) in [5.74, 6) is 2.73. The van der Waals surface area contributed by atoms with Crippen molar-refractivity contribution in [1.29, 1.82) is 0 Å². The first kappa shape index (κ1) is 24.2. The molecule has 9 heteroatoms. The van der Waals surface area contributed by atoms with E-state index in [-0.39, 0.29) is 5.91 Å². The number of carbonyl (C=O) groups excluding carboxylic acids is 1. The molecule has 190 valence electrons. The fourth-order valence-corrected chi connectivity index (χ4v) is 4.59. The zero-order valence-corrected chi connectivity index (χ0v) is 21.0. The van der Waals surface area contributed by atoms with Gasteiger partial charge in [0.05, 0.1) is 0 Å². The predicted molar refractivity (Wildman–Crippen MR) is 142 cm³/mol. The van der Waals surface area contributed by atoms with E-state index in [2.05, 4.69) is 47.1 Å². The molecule has 1 aromatic carbocycles. The number of carbonyl (C=O) groups is 1. The zero-order chi connectivity index (χ0) is 24.7. The van der Waals surface area contributed by atoms with Gasteiger partial charge in [-0.25, -0.2) is 4.98 Å². The van der Waals surface area contributed by atoms with Gasteiger partial charge in [0, 0.05) is 48.1 Å². The number of hydrogen-bond donors (Lipinski definition) is 4. The van der Waals surface area contributed by atoms with Crippen LogP contribution >= 0.6 is 0 Å². The lowest BCUT2D eigenvalue weighted by molar-refractivity contribution is -0.121. The number of aryl methyl sites for hydroxylation is 2. The molecule has 1 saturated heterocycles. The molecule has 36 heavy (non-hydrogen) atoms. The van der Waals surface area contributed by atoms with E-state index in [0.29, 0.717) is 24.1 Å². The van der Waals surface area contributed by atoms with Gasteiger partial charge in [0.2, 0.25) is 11.9 Å². The molecule has 0 radical (unpaired) electrons. The van der Waals surface area contributed by atoms with Crippen LogP contribution in [0.15, 0.2) is 36.4 Å². The third kappa shape index (κ3) is 7.04. The molecule has 1 aliphatic heterocycles. The van der Waals surface area contributed by atoms with Gasteiger partial charge in [0.25, 0.3) is 0 Å². The average Bonchev–Trinajstić information content (AvgIpc) is 3.38. The van der Waals surface area contributed by atoms with Gasteiger partial charge >= 0.3 is 0 Å². The van der Waals surface area contributed by atoms with Gasteiger partial charge in [-0.15, -0.1) is 0 Å². The third-order valence-corrected chi connectivity index (χ3v) is 6.75. The maximum absolute atomic E-state index is 12.2. The number of likely N-dealkylation sites (tertiary alicyclic amines) is 1. The molecule has 9 nitrogen and oxygen atoms in total. The molecule has 2 aliphatic rings. The van der Waals surface area contributed by atoms with Crippen LogP contribution in [-0.4, -0.2) is 57.2 Å². The highest BCUT2D eigenvalue weighted by Gasteiger charge is 2.25. The Morgan fingerprint density at radius 3 is 2.64 bits per heavy atom. The Morgan fingerprint density at radius 1 is 1.06 bits per heavy atom.